The molecule has 0 aliphatic rings. The molecular weight excluding hydrogens is 351 g/mol. The van der Waals surface area contributed by atoms with Crippen LogP contribution >= 0.6 is 19.4 Å². The van der Waals surface area contributed by atoms with Crippen molar-refractivity contribution in [2.24, 2.45) is 0 Å². The van der Waals surface area contributed by atoms with Crippen LogP contribution < -0.4 is 4.57 Å². The number of nitrogens with zero attached hydrogens (tertiary/aromatic N) is 1. The van der Waals surface area contributed by atoms with Gasteiger partial charge in [-0.15, -0.1) is 0 Å². The Kier molecular flexibility index (Phi) is 4.85. The van der Waals surface area contributed by atoms with E-state index in [1.165, 1.54) is 5.56 Å². The molecule has 9 heteroatoms. The third-order valence-electron chi connectivity index (χ3n) is 2.54. The molecule has 1 heterocycles. The second kappa shape index (κ2) is 5.70. The van der Waals surface area contributed by atoms with Gasteiger partial charge in [0.15, 0.2) is 18.4 Å². The molecule has 0 fully saturated rings. The summed E-state index contributed by atoms with van der Waals surface area (Å²) in [6.45, 7) is 2.17. The fraction of sp³-hybridized carbons (Fsp3) is 0.154. The first-order valence-corrected chi connectivity index (χ1v) is 8.40. The number of halogens is 7. The zero-order chi connectivity index (χ0) is 17.1. The van der Waals surface area contributed by atoms with Crippen LogP contribution in [0.3, 0.4) is 0 Å². The summed E-state index contributed by atoms with van der Waals surface area (Å²) >= 11 is 5.86. The normalized spacial score (nSPS) is 15.8. The van der Waals surface area contributed by atoms with Gasteiger partial charge >= 0.3 is 33.0 Å². The van der Waals surface area contributed by atoms with E-state index < -0.39 is 7.81 Å². The molecule has 0 spiro atoms. The van der Waals surface area contributed by atoms with E-state index in [9.17, 15) is 25.2 Å². The molecule has 0 radical (unpaired) electrons. The molecule has 2 rings (SSSR count). The van der Waals surface area contributed by atoms with Crippen LogP contribution in [0.2, 0.25) is 5.02 Å². The summed E-state index contributed by atoms with van der Waals surface area (Å²) in [4.78, 5) is 0. The molecule has 1 aromatic carbocycles. The molecule has 0 N–H and O–H groups in total. The molecule has 22 heavy (non-hydrogen) atoms. The van der Waals surface area contributed by atoms with Gasteiger partial charge in [-0.25, -0.2) is 0 Å². The van der Waals surface area contributed by atoms with Gasteiger partial charge in [-0.1, -0.05) is 29.8 Å². The van der Waals surface area contributed by atoms with E-state index in [2.05, 4.69) is 36.0 Å². The van der Waals surface area contributed by atoms with Gasteiger partial charge in [0, 0.05) is 29.6 Å². The summed E-state index contributed by atoms with van der Waals surface area (Å²) in [7, 11) is -10.7. The van der Waals surface area contributed by atoms with Crippen LogP contribution in [0.25, 0.3) is 0 Å². The molecule has 1 unspecified atom stereocenters. The number of hydrogen-bond acceptors (Lipinski definition) is 0. The van der Waals surface area contributed by atoms with Gasteiger partial charge in [-0.3, -0.25) is 0 Å². The molecule has 0 saturated heterocycles. The van der Waals surface area contributed by atoms with E-state index in [0.29, 0.717) is 6.04 Å². The SMILES string of the molecule is CC(c1ccc(Cl)cc1)[n+]1ccccc1.F[P-](F)(F)(F)(F)F. The van der Waals surface area contributed by atoms with Gasteiger partial charge in [0.2, 0.25) is 0 Å². The molecule has 124 valence electrons. The fourth-order valence-corrected chi connectivity index (χ4v) is 1.71. The maximum atomic E-state index is 9.87. The Hall–Kier alpha value is -1.33. The number of aromatic nitrogens is 1. The van der Waals surface area contributed by atoms with Crippen molar-refractivity contribution in [2.75, 3.05) is 0 Å². The molecule has 0 aliphatic heterocycles. The van der Waals surface area contributed by atoms with Gasteiger partial charge in [-0.05, 0) is 12.1 Å². The van der Waals surface area contributed by atoms with Crippen molar-refractivity contribution >= 4 is 19.4 Å². The van der Waals surface area contributed by atoms with Gasteiger partial charge < -0.3 is 0 Å². The van der Waals surface area contributed by atoms with Crippen molar-refractivity contribution in [1.82, 2.24) is 0 Å². The third kappa shape index (κ3) is 9.58. The van der Waals surface area contributed by atoms with Crippen LogP contribution in [0, 0.1) is 0 Å². The first-order valence-electron chi connectivity index (χ1n) is 6.00. The van der Waals surface area contributed by atoms with Crippen molar-refractivity contribution in [3.05, 3.63) is 65.4 Å². The van der Waals surface area contributed by atoms with E-state index in [1.54, 1.807) is 0 Å². The Balaban J connectivity index is 0.000000295. The maximum absolute atomic E-state index is 10.7. The van der Waals surface area contributed by atoms with Gasteiger partial charge in [0.25, 0.3) is 0 Å². The van der Waals surface area contributed by atoms with Crippen LogP contribution in [0.5, 0.6) is 0 Å². The van der Waals surface area contributed by atoms with Gasteiger partial charge in [0.05, 0.1) is 0 Å². The average molecular weight is 364 g/mol. The predicted molar refractivity (Wildman–Crippen MR) is 75.5 cm³/mol. The summed E-state index contributed by atoms with van der Waals surface area (Å²) in [6.07, 6.45) is 4.14. The predicted octanol–water partition coefficient (Wildman–Crippen LogP) is 6.62. The van der Waals surface area contributed by atoms with Crippen molar-refractivity contribution in [1.29, 1.82) is 0 Å². The van der Waals surface area contributed by atoms with Crippen LogP contribution in [0.4, 0.5) is 25.2 Å². The number of hydrogen-bond donors (Lipinski definition) is 0. The van der Waals surface area contributed by atoms with Crippen LogP contribution in [0.1, 0.15) is 18.5 Å². The van der Waals surface area contributed by atoms with Gasteiger partial charge in [0.1, 0.15) is 0 Å². The molecule has 0 saturated carbocycles. The quantitative estimate of drug-likeness (QED) is 0.321. The minimum atomic E-state index is -10.7. The Bertz CT molecular complexity index is 601. The second-order valence-corrected chi connectivity index (χ2v) is 6.86. The third-order valence-corrected chi connectivity index (χ3v) is 2.79. The van der Waals surface area contributed by atoms with Crippen LogP contribution in [0.15, 0.2) is 54.9 Å². The molecular formula is C13H13ClF6NP. The monoisotopic (exact) mass is 363 g/mol. The zero-order valence-corrected chi connectivity index (χ0v) is 13.0. The molecule has 1 aromatic heterocycles. The fourth-order valence-electron chi connectivity index (χ4n) is 1.58. The average Bonchev–Trinajstić information content (AvgIpc) is 2.36. The molecule has 1 atom stereocenters. The summed E-state index contributed by atoms with van der Waals surface area (Å²) in [5.41, 5.74) is 1.26. The Labute approximate surface area is 128 Å². The summed E-state index contributed by atoms with van der Waals surface area (Å²) in [5.74, 6) is 0. The standard InChI is InChI=1S/C13H13ClN.F6P/c1-11(15-9-3-2-4-10-15)12-5-7-13(14)8-6-12;1-7(2,3,4,5)6/h2-11H,1H3;/q+1;-1. The van der Waals surface area contributed by atoms with E-state index in [-0.39, 0.29) is 0 Å². The second-order valence-electron chi connectivity index (χ2n) is 4.51. The topological polar surface area (TPSA) is 3.88 Å². The summed E-state index contributed by atoms with van der Waals surface area (Å²) < 4.78 is 61.4. The first kappa shape index (κ1) is 18.7. The Morgan fingerprint density at radius 3 is 1.68 bits per heavy atom. The molecule has 1 nitrogen and oxygen atoms in total. The van der Waals surface area contributed by atoms with E-state index in [0.717, 1.165) is 5.02 Å². The van der Waals surface area contributed by atoms with Crippen molar-refractivity contribution in [3.8, 4) is 0 Å². The van der Waals surface area contributed by atoms with Gasteiger partial charge in [-0.2, -0.15) is 4.57 Å². The number of benzene rings is 1. The van der Waals surface area contributed by atoms with Crippen molar-refractivity contribution in [2.45, 2.75) is 13.0 Å². The Morgan fingerprint density at radius 1 is 0.864 bits per heavy atom. The summed E-state index contributed by atoms with van der Waals surface area (Å²) in [6, 6.07) is 14.4. The minimum absolute atomic E-state index is 0.337. The first-order chi connectivity index (χ1) is 9.72. The van der Waals surface area contributed by atoms with Crippen LogP contribution in [-0.2, 0) is 0 Å². The van der Waals surface area contributed by atoms with E-state index in [1.807, 2.05) is 30.3 Å². The van der Waals surface area contributed by atoms with E-state index >= 15 is 0 Å². The van der Waals surface area contributed by atoms with Crippen LogP contribution in [-0.4, -0.2) is 0 Å². The molecule has 0 amide bonds. The number of rotatable bonds is 2. The van der Waals surface area contributed by atoms with E-state index in [4.69, 9.17) is 11.6 Å². The summed E-state index contributed by atoms with van der Waals surface area (Å²) in [5, 5.41) is 0.781. The number of pyridine rings is 1. The molecule has 2 aromatic rings. The Morgan fingerprint density at radius 2 is 1.27 bits per heavy atom. The zero-order valence-electron chi connectivity index (χ0n) is 11.3. The van der Waals surface area contributed by atoms with Crippen molar-refractivity contribution in [3.63, 3.8) is 0 Å². The van der Waals surface area contributed by atoms with Crippen molar-refractivity contribution < 1.29 is 29.7 Å². The molecule has 0 aliphatic carbocycles. The molecule has 0 bridgehead atoms.